The van der Waals surface area contributed by atoms with Gasteiger partial charge in [0.25, 0.3) is 5.91 Å². The summed E-state index contributed by atoms with van der Waals surface area (Å²) in [6, 6.07) is 22.2. The average molecular weight is 609 g/mol. The maximum atomic E-state index is 13.1. The van der Waals surface area contributed by atoms with Crippen molar-refractivity contribution in [2.24, 2.45) is 0 Å². The summed E-state index contributed by atoms with van der Waals surface area (Å²) < 4.78 is 0. The fourth-order valence-corrected chi connectivity index (χ4v) is 6.01. The van der Waals surface area contributed by atoms with E-state index in [2.05, 4.69) is 15.6 Å². The molecule has 0 radical (unpaired) electrons. The zero-order chi connectivity index (χ0) is 28.2. The number of aromatic nitrogens is 1. The van der Waals surface area contributed by atoms with Crippen LogP contribution >= 0.6 is 46.3 Å². The van der Waals surface area contributed by atoms with Crippen molar-refractivity contribution >= 4 is 85.7 Å². The van der Waals surface area contributed by atoms with Gasteiger partial charge < -0.3 is 15.7 Å². The average Bonchev–Trinajstić information content (AvgIpc) is 3.39. The highest BCUT2D eigenvalue weighted by atomic mass is 35.5. The summed E-state index contributed by atoms with van der Waals surface area (Å²) >= 11 is 14.8. The normalized spacial score (nSPS) is 10.8. The second-order valence-corrected chi connectivity index (χ2v) is 11.2. The number of fused-ring (bicyclic) bond motifs is 1. The first-order valence-corrected chi connectivity index (χ1v) is 14.4. The van der Waals surface area contributed by atoms with Crippen LogP contribution in [-0.2, 0) is 4.79 Å². The second-order valence-electron chi connectivity index (χ2n) is 8.50. The van der Waals surface area contributed by atoms with Gasteiger partial charge in [0, 0.05) is 37.5 Å². The molecular formula is C29H19Cl2N3O4S2. The number of carbonyl (C=O) groups excluding carboxylic acids is 2. The van der Waals surface area contributed by atoms with Crippen molar-refractivity contribution in [3.8, 4) is 11.3 Å². The number of nitrogens with zero attached hydrogens (tertiary/aromatic N) is 1. The number of carboxylic acid groups (broad SMARTS) is 1. The molecule has 0 aliphatic heterocycles. The molecule has 11 heteroatoms. The topological polar surface area (TPSA) is 108 Å². The largest absolute Gasteiger partial charge is 0.478 e. The number of hydrogen-bond donors (Lipinski definition) is 3. The Balaban J connectivity index is 1.23. The number of halogens is 2. The van der Waals surface area contributed by atoms with Crippen LogP contribution in [-0.4, -0.2) is 33.6 Å². The minimum atomic E-state index is -1.11. The van der Waals surface area contributed by atoms with E-state index < -0.39 is 11.9 Å². The van der Waals surface area contributed by atoms with Crippen LogP contribution in [0.2, 0.25) is 10.0 Å². The Kier molecular flexibility index (Phi) is 8.37. The van der Waals surface area contributed by atoms with Crippen LogP contribution < -0.4 is 10.6 Å². The van der Waals surface area contributed by atoms with E-state index in [1.165, 1.54) is 29.2 Å². The molecule has 0 saturated carbocycles. The van der Waals surface area contributed by atoms with Gasteiger partial charge in [0.05, 0.1) is 22.0 Å². The molecule has 0 unspecified atom stereocenters. The molecule has 5 rings (SSSR count). The molecule has 0 fully saturated rings. The highest BCUT2D eigenvalue weighted by molar-refractivity contribution is 8.00. The maximum Gasteiger partial charge on any atom is 0.336 e. The molecule has 200 valence electrons. The summed E-state index contributed by atoms with van der Waals surface area (Å²) in [6.45, 7) is 0. The van der Waals surface area contributed by atoms with Crippen LogP contribution in [0.3, 0.4) is 0 Å². The Bertz CT molecular complexity index is 1770. The van der Waals surface area contributed by atoms with E-state index in [1.807, 2.05) is 6.07 Å². The molecule has 0 aliphatic carbocycles. The van der Waals surface area contributed by atoms with E-state index in [-0.39, 0.29) is 22.8 Å². The lowest BCUT2D eigenvalue weighted by molar-refractivity contribution is -0.113. The summed E-state index contributed by atoms with van der Waals surface area (Å²) in [5.41, 5.74) is 2.20. The minimum absolute atomic E-state index is 0.0576. The summed E-state index contributed by atoms with van der Waals surface area (Å²) in [7, 11) is 0. The predicted octanol–water partition coefficient (Wildman–Crippen LogP) is 7.95. The van der Waals surface area contributed by atoms with Crippen molar-refractivity contribution in [3.63, 3.8) is 0 Å². The van der Waals surface area contributed by atoms with Crippen molar-refractivity contribution in [3.05, 3.63) is 105 Å². The van der Waals surface area contributed by atoms with Crippen LogP contribution in [0, 0.1) is 0 Å². The first-order chi connectivity index (χ1) is 19.3. The molecule has 2 amide bonds. The minimum Gasteiger partial charge on any atom is -0.478 e. The lowest BCUT2D eigenvalue weighted by Gasteiger charge is -2.11. The van der Waals surface area contributed by atoms with Gasteiger partial charge in [-0.15, -0.1) is 23.1 Å². The van der Waals surface area contributed by atoms with Crippen molar-refractivity contribution in [1.29, 1.82) is 0 Å². The molecule has 0 aliphatic rings. The highest BCUT2D eigenvalue weighted by Crippen LogP contribution is 2.32. The van der Waals surface area contributed by atoms with Crippen LogP contribution in [0.4, 0.5) is 10.8 Å². The quantitative estimate of drug-likeness (QED) is 0.154. The van der Waals surface area contributed by atoms with Crippen LogP contribution in [0.5, 0.6) is 0 Å². The van der Waals surface area contributed by atoms with Gasteiger partial charge in [-0.1, -0.05) is 53.5 Å². The highest BCUT2D eigenvalue weighted by Gasteiger charge is 2.17. The Hall–Kier alpha value is -3.89. The van der Waals surface area contributed by atoms with E-state index in [9.17, 15) is 19.5 Å². The maximum absolute atomic E-state index is 13.1. The van der Waals surface area contributed by atoms with Crippen molar-refractivity contribution < 1.29 is 19.5 Å². The molecule has 5 aromatic rings. The summed E-state index contributed by atoms with van der Waals surface area (Å²) in [4.78, 5) is 42.7. The van der Waals surface area contributed by atoms with Crippen molar-refractivity contribution in [1.82, 2.24) is 4.98 Å². The molecular weight excluding hydrogens is 589 g/mol. The summed E-state index contributed by atoms with van der Waals surface area (Å²) in [6.07, 6.45) is 0. The van der Waals surface area contributed by atoms with Crippen molar-refractivity contribution in [2.45, 2.75) is 4.90 Å². The van der Waals surface area contributed by atoms with Gasteiger partial charge in [0.15, 0.2) is 5.13 Å². The number of nitrogens with one attached hydrogen (secondary N) is 2. The third-order valence-electron chi connectivity index (χ3n) is 5.80. The van der Waals surface area contributed by atoms with Gasteiger partial charge in [-0.05, 0) is 53.9 Å². The number of thioether (sulfide) groups is 1. The summed E-state index contributed by atoms with van der Waals surface area (Å²) in [5, 5.41) is 19.5. The molecule has 4 aromatic carbocycles. The predicted molar refractivity (Wildman–Crippen MR) is 162 cm³/mol. The molecule has 1 aromatic heterocycles. The second kappa shape index (κ2) is 12.1. The number of rotatable bonds is 8. The number of amides is 2. The van der Waals surface area contributed by atoms with Crippen LogP contribution in [0.1, 0.15) is 20.7 Å². The van der Waals surface area contributed by atoms with Gasteiger partial charge >= 0.3 is 5.97 Å². The smallest absolute Gasteiger partial charge is 0.336 e. The van der Waals surface area contributed by atoms with Gasteiger partial charge in [0.2, 0.25) is 5.91 Å². The molecule has 0 atom stereocenters. The number of benzene rings is 4. The van der Waals surface area contributed by atoms with Crippen LogP contribution in [0.15, 0.2) is 89.1 Å². The molecule has 0 spiro atoms. The van der Waals surface area contributed by atoms with E-state index >= 15 is 0 Å². The molecule has 0 saturated heterocycles. The third-order valence-corrected chi connectivity index (χ3v) is 8.10. The zero-order valence-electron chi connectivity index (χ0n) is 20.5. The van der Waals surface area contributed by atoms with E-state index in [0.717, 1.165) is 10.5 Å². The first kappa shape index (κ1) is 27.7. The number of carbonyl (C=O) groups is 3. The zero-order valence-corrected chi connectivity index (χ0v) is 23.6. The first-order valence-electron chi connectivity index (χ1n) is 11.8. The molecule has 0 bridgehead atoms. The number of anilines is 2. The van der Waals surface area contributed by atoms with Crippen molar-refractivity contribution in [2.75, 3.05) is 16.4 Å². The van der Waals surface area contributed by atoms with E-state index in [1.54, 1.807) is 72.1 Å². The van der Waals surface area contributed by atoms with Gasteiger partial charge in [-0.25, -0.2) is 9.78 Å². The molecule has 40 heavy (non-hydrogen) atoms. The number of carboxylic acids is 1. The third kappa shape index (κ3) is 6.29. The molecule has 1 heterocycles. The Morgan fingerprint density at radius 1 is 0.900 bits per heavy atom. The number of thiazole rings is 1. The van der Waals surface area contributed by atoms with E-state index in [0.29, 0.717) is 37.3 Å². The fraction of sp³-hybridized carbons (Fsp3) is 0.0345. The van der Waals surface area contributed by atoms with Crippen LogP contribution in [0.25, 0.3) is 22.0 Å². The monoisotopic (exact) mass is 607 g/mol. The van der Waals surface area contributed by atoms with Gasteiger partial charge in [-0.3, -0.25) is 9.59 Å². The summed E-state index contributed by atoms with van der Waals surface area (Å²) in [5.74, 6) is -1.65. The Morgan fingerprint density at radius 3 is 2.40 bits per heavy atom. The Labute approximate surface area is 247 Å². The SMILES string of the molecule is O=C(CSc1cccc(NC(=O)c2cccc3cccc(C(=O)O)c23)c1)Nc1nc(-c2ccc(Cl)cc2Cl)cs1. The molecule has 3 N–H and O–H groups in total. The lowest BCUT2D eigenvalue weighted by Crippen LogP contribution is -2.14. The fourth-order valence-electron chi connectivity index (χ4n) is 4.03. The standard InChI is InChI=1S/C29H19Cl2N3O4S2/c30-17-10-11-20(23(31)12-17)24-14-40-29(33-24)34-25(35)15-39-19-7-3-6-18(13-19)32-27(36)21-8-1-4-16-5-2-9-22(26(16)21)28(37)38/h1-14H,15H2,(H,32,36)(H,37,38)(H,33,34,35). The lowest BCUT2D eigenvalue weighted by atomic mass is 9.98. The van der Waals surface area contributed by atoms with Gasteiger partial charge in [0.1, 0.15) is 0 Å². The van der Waals surface area contributed by atoms with Gasteiger partial charge in [-0.2, -0.15) is 0 Å². The molecule has 7 nitrogen and oxygen atoms in total. The number of hydrogen-bond acceptors (Lipinski definition) is 6. The Morgan fingerprint density at radius 2 is 1.65 bits per heavy atom. The van der Waals surface area contributed by atoms with E-state index in [4.69, 9.17) is 23.2 Å². The number of aromatic carboxylic acids is 1.